The van der Waals surface area contributed by atoms with Crippen molar-refractivity contribution in [3.05, 3.63) is 24.0 Å². The molecule has 1 aliphatic rings. The van der Waals surface area contributed by atoms with E-state index < -0.39 is 0 Å². The Morgan fingerprint density at radius 2 is 2.38 bits per heavy atom. The summed E-state index contributed by atoms with van der Waals surface area (Å²) in [6.07, 6.45) is 0. The maximum Gasteiger partial charge on any atom is 0.145 e. The van der Waals surface area contributed by atoms with Gasteiger partial charge in [-0.05, 0) is 19.1 Å². The first-order valence-corrected chi connectivity index (χ1v) is 4.48. The maximum absolute atomic E-state index is 12.8. The monoisotopic (exact) mass is 181 g/mol. The molecule has 0 fully saturated rings. The van der Waals surface area contributed by atoms with E-state index >= 15 is 0 Å². The number of benzene rings is 1. The van der Waals surface area contributed by atoms with Crippen molar-refractivity contribution < 1.29 is 9.13 Å². The van der Waals surface area contributed by atoms with Crippen LogP contribution in [0, 0.1) is 5.82 Å². The number of fused-ring (bicyclic) bond motifs is 1. The van der Waals surface area contributed by atoms with Crippen molar-refractivity contribution in [1.82, 2.24) is 0 Å². The number of rotatable bonds is 1. The van der Waals surface area contributed by atoms with Gasteiger partial charge in [-0.15, -0.1) is 0 Å². The topological polar surface area (TPSA) is 12.5 Å². The highest BCUT2D eigenvalue weighted by molar-refractivity contribution is 5.59. The number of halogens is 1. The smallest absolute Gasteiger partial charge is 0.145 e. The van der Waals surface area contributed by atoms with E-state index in [0.29, 0.717) is 12.4 Å². The van der Waals surface area contributed by atoms with E-state index in [0.717, 1.165) is 18.8 Å². The van der Waals surface area contributed by atoms with E-state index in [1.165, 1.54) is 12.1 Å². The summed E-state index contributed by atoms with van der Waals surface area (Å²) in [5, 5.41) is 0. The summed E-state index contributed by atoms with van der Waals surface area (Å²) in [6.45, 7) is 4.54. The molecule has 1 aromatic rings. The van der Waals surface area contributed by atoms with Gasteiger partial charge in [-0.25, -0.2) is 4.39 Å². The van der Waals surface area contributed by atoms with Gasteiger partial charge in [0.1, 0.15) is 18.2 Å². The maximum atomic E-state index is 12.8. The molecule has 0 radical (unpaired) electrons. The van der Waals surface area contributed by atoms with Crippen molar-refractivity contribution in [2.24, 2.45) is 0 Å². The lowest BCUT2D eigenvalue weighted by atomic mass is 10.2. The van der Waals surface area contributed by atoms with Gasteiger partial charge < -0.3 is 9.64 Å². The Bertz CT molecular complexity index is 314. The Morgan fingerprint density at radius 3 is 3.15 bits per heavy atom. The molecule has 70 valence electrons. The van der Waals surface area contributed by atoms with Crippen LogP contribution < -0.4 is 9.64 Å². The fourth-order valence-electron chi connectivity index (χ4n) is 1.58. The number of nitrogens with zero attached hydrogens (tertiary/aromatic N) is 1. The molecule has 0 saturated carbocycles. The lowest BCUT2D eigenvalue weighted by molar-refractivity contribution is 0.307. The Hall–Kier alpha value is -1.25. The van der Waals surface area contributed by atoms with Crippen LogP contribution in [0.1, 0.15) is 6.92 Å². The molecule has 2 nitrogen and oxygen atoms in total. The largest absolute Gasteiger partial charge is 0.489 e. The molecule has 0 saturated heterocycles. The molecule has 1 aromatic carbocycles. The van der Waals surface area contributed by atoms with E-state index in [1.807, 2.05) is 0 Å². The van der Waals surface area contributed by atoms with Gasteiger partial charge in [-0.2, -0.15) is 0 Å². The molecule has 1 heterocycles. The minimum Gasteiger partial charge on any atom is -0.489 e. The lowest BCUT2D eigenvalue weighted by Crippen LogP contribution is -2.32. The standard InChI is InChI=1S/C10H12FNO/c1-2-12-5-6-13-10-7-8(11)3-4-9(10)12/h3-4,7H,2,5-6H2,1H3. The molecule has 3 heteroatoms. The van der Waals surface area contributed by atoms with Crippen molar-refractivity contribution in [3.8, 4) is 5.75 Å². The van der Waals surface area contributed by atoms with Crippen molar-refractivity contribution in [3.63, 3.8) is 0 Å². The van der Waals surface area contributed by atoms with Crippen molar-refractivity contribution >= 4 is 5.69 Å². The third-order valence-electron chi connectivity index (χ3n) is 2.26. The molecule has 0 aromatic heterocycles. The molecule has 0 spiro atoms. The van der Waals surface area contributed by atoms with Crippen LogP contribution in [0.25, 0.3) is 0 Å². The summed E-state index contributed by atoms with van der Waals surface area (Å²) in [5.41, 5.74) is 0.996. The van der Waals surface area contributed by atoms with Crippen LogP contribution in [0.2, 0.25) is 0 Å². The van der Waals surface area contributed by atoms with Gasteiger partial charge in [0, 0.05) is 12.6 Å². The Morgan fingerprint density at radius 1 is 1.54 bits per heavy atom. The minimum atomic E-state index is -0.239. The van der Waals surface area contributed by atoms with Gasteiger partial charge in [0.15, 0.2) is 0 Å². The van der Waals surface area contributed by atoms with Crippen molar-refractivity contribution in [1.29, 1.82) is 0 Å². The Balaban J connectivity index is 2.40. The zero-order valence-electron chi connectivity index (χ0n) is 7.59. The average Bonchev–Trinajstić information content (AvgIpc) is 2.16. The third-order valence-corrected chi connectivity index (χ3v) is 2.26. The molecule has 2 rings (SSSR count). The number of hydrogen-bond acceptors (Lipinski definition) is 2. The molecule has 0 unspecified atom stereocenters. The van der Waals surface area contributed by atoms with E-state index in [-0.39, 0.29) is 5.82 Å². The zero-order chi connectivity index (χ0) is 9.26. The highest BCUT2D eigenvalue weighted by Crippen LogP contribution is 2.31. The van der Waals surface area contributed by atoms with Gasteiger partial charge >= 0.3 is 0 Å². The third kappa shape index (κ3) is 1.46. The quantitative estimate of drug-likeness (QED) is 0.657. The summed E-state index contributed by atoms with van der Waals surface area (Å²) in [6, 6.07) is 4.68. The number of anilines is 1. The van der Waals surface area contributed by atoms with Gasteiger partial charge in [0.2, 0.25) is 0 Å². The summed E-state index contributed by atoms with van der Waals surface area (Å²) in [4.78, 5) is 2.18. The molecular formula is C10H12FNO. The first-order chi connectivity index (χ1) is 6.31. The summed E-state index contributed by atoms with van der Waals surface area (Å²) < 4.78 is 18.2. The molecule has 0 aliphatic carbocycles. The zero-order valence-corrected chi connectivity index (χ0v) is 7.59. The SMILES string of the molecule is CCN1CCOc2cc(F)ccc21. The van der Waals surface area contributed by atoms with Crippen LogP contribution in [0.3, 0.4) is 0 Å². The van der Waals surface area contributed by atoms with Crippen molar-refractivity contribution in [2.75, 3.05) is 24.6 Å². The molecule has 0 atom stereocenters. The minimum absolute atomic E-state index is 0.239. The molecule has 1 aliphatic heterocycles. The highest BCUT2D eigenvalue weighted by atomic mass is 19.1. The Kier molecular flexibility index (Phi) is 2.08. The van der Waals surface area contributed by atoms with E-state index in [1.54, 1.807) is 6.07 Å². The van der Waals surface area contributed by atoms with Crippen LogP contribution in [0.4, 0.5) is 10.1 Å². The molecule has 0 N–H and O–H groups in total. The lowest BCUT2D eigenvalue weighted by Gasteiger charge is -2.29. The Labute approximate surface area is 76.9 Å². The van der Waals surface area contributed by atoms with Crippen LogP contribution >= 0.6 is 0 Å². The number of likely N-dealkylation sites (N-methyl/N-ethyl adjacent to an activating group) is 1. The van der Waals surface area contributed by atoms with E-state index in [2.05, 4.69) is 11.8 Å². The van der Waals surface area contributed by atoms with Crippen LogP contribution in [-0.4, -0.2) is 19.7 Å². The van der Waals surface area contributed by atoms with Gasteiger partial charge in [-0.3, -0.25) is 0 Å². The second-order valence-electron chi connectivity index (χ2n) is 3.04. The first kappa shape index (κ1) is 8.35. The van der Waals surface area contributed by atoms with Crippen LogP contribution in [-0.2, 0) is 0 Å². The van der Waals surface area contributed by atoms with Crippen LogP contribution in [0.5, 0.6) is 5.75 Å². The van der Waals surface area contributed by atoms with Crippen LogP contribution in [0.15, 0.2) is 18.2 Å². The van der Waals surface area contributed by atoms with Gasteiger partial charge in [0.25, 0.3) is 0 Å². The van der Waals surface area contributed by atoms with E-state index in [9.17, 15) is 4.39 Å². The van der Waals surface area contributed by atoms with Gasteiger partial charge in [0.05, 0.1) is 12.2 Å². The average molecular weight is 181 g/mol. The number of hydrogen-bond donors (Lipinski definition) is 0. The van der Waals surface area contributed by atoms with Crippen molar-refractivity contribution in [2.45, 2.75) is 6.92 Å². The predicted octanol–water partition coefficient (Wildman–Crippen LogP) is 2.04. The summed E-state index contributed by atoms with van der Waals surface area (Å²) >= 11 is 0. The summed E-state index contributed by atoms with van der Waals surface area (Å²) in [7, 11) is 0. The normalized spacial score (nSPS) is 15.1. The van der Waals surface area contributed by atoms with E-state index in [4.69, 9.17) is 4.74 Å². The molecular weight excluding hydrogens is 169 g/mol. The first-order valence-electron chi connectivity index (χ1n) is 4.48. The molecule has 13 heavy (non-hydrogen) atoms. The fourth-order valence-corrected chi connectivity index (χ4v) is 1.58. The predicted molar refractivity (Wildman–Crippen MR) is 49.8 cm³/mol. The molecule has 0 amide bonds. The highest BCUT2D eigenvalue weighted by Gasteiger charge is 2.16. The second kappa shape index (κ2) is 3.24. The number of ether oxygens (including phenoxy) is 1. The fraction of sp³-hybridized carbons (Fsp3) is 0.400. The second-order valence-corrected chi connectivity index (χ2v) is 3.04. The molecule has 0 bridgehead atoms. The summed E-state index contributed by atoms with van der Waals surface area (Å²) in [5.74, 6) is 0.421. The van der Waals surface area contributed by atoms with Gasteiger partial charge in [-0.1, -0.05) is 0 Å².